The van der Waals surface area contributed by atoms with Crippen molar-refractivity contribution in [2.75, 3.05) is 11.9 Å². The van der Waals surface area contributed by atoms with Gasteiger partial charge in [0.2, 0.25) is 11.7 Å². The minimum atomic E-state index is -4.80. The summed E-state index contributed by atoms with van der Waals surface area (Å²) in [5.74, 6) is -1.83. The summed E-state index contributed by atoms with van der Waals surface area (Å²) in [6, 6.07) is 13.2. The van der Waals surface area contributed by atoms with E-state index in [2.05, 4.69) is 21.2 Å². The molecule has 40 heavy (non-hydrogen) atoms. The van der Waals surface area contributed by atoms with Crippen molar-refractivity contribution in [2.24, 2.45) is 0 Å². The Balaban J connectivity index is 1.59. The fourth-order valence-electron chi connectivity index (χ4n) is 3.59. The quantitative estimate of drug-likeness (QED) is 0.166. The number of anilines is 1. The van der Waals surface area contributed by atoms with E-state index in [0.29, 0.717) is 34.1 Å². The van der Waals surface area contributed by atoms with Gasteiger partial charge in [0.05, 0.1) is 15.4 Å². The first-order chi connectivity index (χ1) is 18.8. The number of nitro benzene ring substituents is 1. The molecule has 1 saturated heterocycles. The molecule has 0 bridgehead atoms. The average Bonchev–Trinajstić information content (AvgIpc) is 3.13. The van der Waals surface area contributed by atoms with Crippen LogP contribution in [-0.4, -0.2) is 33.4 Å². The number of aryl methyl sites for hydroxylation is 1. The van der Waals surface area contributed by atoms with Crippen molar-refractivity contribution in [1.82, 2.24) is 4.90 Å². The van der Waals surface area contributed by atoms with Crippen molar-refractivity contribution in [3.8, 4) is 11.5 Å². The number of rotatable bonds is 7. The van der Waals surface area contributed by atoms with Crippen LogP contribution < -0.4 is 10.1 Å². The molecule has 3 amide bonds. The summed E-state index contributed by atoms with van der Waals surface area (Å²) in [6.07, 6.45) is -3.51. The minimum Gasteiger partial charge on any atom is -0.449 e. The number of benzene rings is 3. The van der Waals surface area contributed by atoms with Crippen LogP contribution in [0.5, 0.6) is 11.5 Å². The van der Waals surface area contributed by atoms with E-state index < -0.39 is 51.7 Å². The Morgan fingerprint density at radius 2 is 1.82 bits per heavy atom. The van der Waals surface area contributed by atoms with E-state index in [4.69, 9.17) is 4.74 Å². The number of nitro groups is 1. The van der Waals surface area contributed by atoms with Crippen LogP contribution in [0.25, 0.3) is 6.08 Å². The molecule has 9 nitrogen and oxygen atoms in total. The Morgan fingerprint density at radius 1 is 1.12 bits per heavy atom. The first-order valence-corrected chi connectivity index (χ1v) is 12.9. The summed E-state index contributed by atoms with van der Waals surface area (Å²) in [5, 5.41) is 13.4. The van der Waals surface area contributed by atoms with Gasteiger partial charge in [0, 0.05) is 21.8 Å². The summed E-state index contributed by atoms with van der Waals surface area (Å²) in [7, 11) is 0. The zero-order valence-corrected chi connectivity index (χ0v) is 22.7. The molecule has 3 aromatic rings. The van der Waals surface area contributed by atoms with Gasteiger partial charge >= 0.3 is 11.9 Å². The van der Waals surface area contributed by atoms with Crippen LogP contribution in [0.2, 0.25) is 0 Å². The first kappa shape index (κ1) is 28.8. The SMILES string of the molecule is Cc1ccccc1NC(=O)CN1C(=O)S/C(=C/c2cc(Br)ccc2Oc2ccc(C(F)(F)F)cc2[N+](=O)[O-])C1=O. The number of carbonyl (C=O) groups excluding carboxylic acids is 3. The third-order valence-electron chi connectivity index (χ3n) is 5.56. The van der Waals surface area contributed by atoms with Gasteiger partial charge in [-0.1, -0.05) is 34.1 Å². The molecule has 1 N–H and O–H groups in total. The first-order valence-electron chi connectivity index (χ1n) is 11.3. The summed E-state index contributed by atoms with van der Waals surface area (Å²) in [6.45, 7) is 1.26. The zero-order valence-electron chi connectivity index (χ0n) is 20.3. The number of alkyl halides is 3. The van der Waals surface area contributed by atoms with Crippen LogP contribution in [0.15, 0.2) is 70.0 Å². The molecule has 14 heteroatoms. The van der Waals surface area contributed by atoms with Crippen molar-refractivity contribution < 1.29 is 37.2 Å². The van der Waals surface area contributed by atoms with E-state index in [-0.39, 0.29) is 16.2 Å². The van der Waals surface area contributed by atoms with Crippen LogP contribution in [-0.2, 0) is 15.8 Å². The Bertz CT molecular complexity index is 1580. The number of hydrogen-bond donors (Lipinski definition) is 1. The standard InChI is InChI=1S/C26H17BrF3N3O6S/c1-14-4-2-3-5-18(14)31-23(34)13-32-24(35)22(40-25(32)36)11-15-10-17(27)7-9-20(15)39-21-8-6-16(26(28,29)30)12-19(21)33(37)38/h2-12H,13H2,1H3,(H,31,34)/b22-11+. The van der Waals surface area contributed by atoms with Gasteiger partial charge in [-0.05, 0) is 66.7 Å². The number of nitrogens with zero attached hydrogens (tertiary/aromatic N) is 2. The van der Waals surface area contributed by atoms with E-state index in [1.165, 1.54) is 24.3 Å². The second kappa shape index (κ2) is 11.5. The van der Waals surface area contributed by atoms with E-state index in [1.54, 1.807) is 31.2 Å². The molecule has 0 aliphatic carbocycles. The molecule has 1 heterocycles. The van der Waals surface area contributed by atoms with Gasteiger partial charge in [-0.15, -0.1) is 0 Å². The lowest BCUT2D eigenvalue weighted by Crippen LogP contribution is -2.36. The Morgan fingerprint density at radius 3 is 2.50 bits per heavy atom. The minimum absolute atomic E-state index is 0.0323. The number of halogens is 4. The van der Waals surface area contributed by atoms with Crippen LogP contribution in [0, 0.1) is 17.0 Å². The molecular formula is C26H17BrF3N3O6S. The van der Waals surface area contributed by atoms with Crippen molar-refractivity contribution in [3.05, 3.63) is 96.8 Å². The molecule has 1 fully saturated rings. The second-order valence-electron chi connectivity index (χ2n) is 8.35. The van der Waals surface area contributed by atoms with Crippen molar-refractivity contribution in [2.45, 2.75) is 13.1 Å². The summed E-state index contributed by atoms with van der Waals surface area (Å²) in [4.78, 5) is 49.2. The number of nitrogens with one attached hydrogen (secondary N) is 1. The van der Waals surface area contributed by atoms with Crippen molar-refractivity contribution in [1.29, 1.82) is 0 Å². The second-order valence-corrected chi connectivity index (χ2v) is 10.3. The van der Waals surface area contributed by atoms with Gasteiger partial charge in [0.15, 0.2) is 0 Å². The van der Waals surface area contributed by atoms with Crippen LogP contribution in [0.4, 0.5) is 29.3 Å². The normalized spacial score (nSPS) is 14.5. The molecule has 1 aliphatic heterocycles. The number of hydrogen-bond acceptors (Lipinski definition) is 7. The zero-order chi connectivity index (χ0) is 29.2. The number of amides is 3. The fraction of sp³-hybridized carbons (Fsp3) is 0.115. The highest BCUT2D eigenvalue weighted by atomic mass is 79.9. The highest BCUT2D eigenvalue weighted by Crippen LogP contribution is 2.40. The highest BCUT2D eigenvalue weighted by Gasteiger charge is 2.37. The lowest BCUT2D eigenvalue weighted by molar-refractivity contribution is -0.385. The summed E-state index contributed by atoms with van der Waals surface area (Å²) < 4.78 is 45.3. The molecule has 0 aromatic heterocycles. The number of thioether (sulfide) groups is 1. The number of ether oxygens (including phenoxy) is 1. The Kier molecular flexibility index (Phi) is 8.30. The monoisotopic (exact) mass is 635 g/mol. The molecule has 0 atom stereocenters. The van der Waals surface area contributed by atoms with Gasteiger partial charge in [-0.2, -0.15) is 13.2 Å². The number of para-hydroxylation sites is 1. The average molecular weight is 636 g/mol. The summed E-state index contributed by atoms with van der Waals surface area (Å²) in [5.41, 5.74) is -0.617. The van der Waals surface area contributed by atoms with Gasteiger partial charge in [0.1, 0.15) is 12.3 Å². The number of imide groups is 1. The van der Waals surface area contributed by atoms with E-state index in [9.17, 15) is 37.7 Å². The molecule has 206 valence electrons. The topological polar surface area (TPSA) is 119 Å². The maximum atomic E-state index is 13.1. The lowest BCUT2D eigenvalue weighted by Gasteiger charge is -2.13. The van der Waals surface area contributed by atoms with Gasteiger partial charge in [-0.25, -0.2) is 0 Å². The largest absolute Gasteiger partial charge is 0.449 e. The fourth-order valence-corrected chi connectivity index (χ4v) is 4.80. The van der Waals surface area contributed by atoms with Gasteiger partial charge in [0.25, 0.3) is 11.1 Å². The predicted molar refractivity (Wildman–Crippen MR) is 145 cm³/mol. The number of carbonyl (C=O) groups is 3. The third kappa shape index (κ3) is 6.51. The molecule has 4 rings (SSSR count). The maximum Gasteiger partial charge on any atom is 0.416 e. The van der Waals surface area contributed by atoms with Crippen LogP contribution in [0.1, 0.15) is 16.7 Å². The molecule has 1 aliphatic rings. The Labute approximate surface area is 237 Å². The predicted octanol–water partition coefficient (Wildman–Crippen LogP) is 7.15. The maximum absolute atomic E-state index is 13.1. The van der Waals surface area contributed by atoms with Gasteiger partial charge < -0.3 is 10.1 Å². The summed E-state index contributed by atoms with van der Waals surface area (Å²) >= 11 is 3.85. The molecule has 3 aromatic carbocycles. The van der Waals surface area contributed by atoms with Gasteiger partial charge in [-0.3, -0.25) is 29.4 Å². The van der Waals surface area contributed by atoms with Crippen LogP contribution in [0.3, 0.4) is 0 Å². The van der Waals surface area contributed by atoms with Crippen LogP contribution >= 0.6 is 27.7 Å². The highest BCUT2D eigenvalue weighted by molar-refractivity contribution is 9.10. The third-order valence-corrected chi connectivity index (χ3v) is 6.96. The molecule has 0 spiro atoms. The van der Waals surface area contributed by atoms with E-state index >= 15 is 0 Å². The van der Waals surface area contributed by atoms with E-state index in [1.807, 2.05) is 0 Å². The molecule has 0 unspecified atom stereocenters. The molecule has 0 saturated carbocycles. The molecular weight excluding hydrogens is 619 g/mol. The lowest BCUT2D eigenvalue weighted by atomic mass is 10.1. The Hall–Kier alpha value is -4.17. The molecule has 0 radical (unpaired) electrons. The van der Waals surface area contributed by atoms with Crippen molar-refractivity contribution in [3.63, 3.8) is 0 Å². The van der Waals surface area contributed by atoms with Crippen molar-refractivity contribution >= 4 is 62.2 Å². The smallest absolute Gasteiger partial charge is 0.416 e. The van der Waals surface area contributed by atoms with E-state index in [0.717, 1.165) is 16.5 Å².